The fraction of sp³-hybridized carbons (Fsp3) is 0.750. The third-order valence-electron chi connectivity index (χ3n) is 2.60. The Morgan fingerprint density at radius 2 is 2.46 bits per heavy atom. The summed E-state index contributed by atoms with van der Waals surface area (Å²) in [5.74, 6) is 0. The summed E-state index contributed by atoms with van der Waals surface area (Å²) < 4.78 is 1.80. The van der Waals surface area contributed by atoms with E-state index in [2.05, 4.69) is 10.3 Å². The minimum atomic E-state index is -0.00125. The van der Waals surface area contributed by atoms with E-state index in [1.165, 1.54) is 0 Å². The van der Waals surface area contributed by atoms with Crippen LogP contribution in [0.2, 0.25) is 0 Å². The molecule has 13 heavy (non-hydrogen) atoms. The molecule has 1 aromatic heterocycles. The smallest absolute Gasteiger partial charge is 0.0866 e. The van der Waals surface area contributed by atoms with Crippen molar-refractivity contribution in [1.29, 1.82) is 0 Å². The van der Waals surface area contributed by atoms with Gasteiger partial charge in [0.2, 0.25) is 0 Å². The van der Waals surface area contributed by atoms with Gasteiger partial charge in [-0.25, -0.2) is 4.68 Å². The predicted molar refractivity (Wildman–Crippen MR) is 46.8 cm³/mol. The minimum Gasteiger partial charge on any atom is -0.390 e. The van der Waals surface area contributed by atoms with Gasteiger partial charge in [-0.3, -0.25) is 0 Å². The van der Waals surface area contributed by atoms with Crippen molar-refractivity contribution in [3.8, 4) is 0 Å². The molecule has 0 saturated heterocycles. The Balaban J connectivity index is 2.16. The summed E-state index contributed by atoms with van der Waals surface area (Å²) in [5.41, 5.74) is 6.58. The molecule has 3 N–H and O–H groups in total. The van der Waals surface area contributed by atoms with Crippen LogP contribution in [0, 0.1) is 0 Å². The number of nitrogens with two attached hydrogens (primary N) is 1. The van der Waals surface area contributed by atoms with E-state index in [-0.39, 0.29) is 12.6 Å². The average Bonchev–Trinajstić information content (AvgIpc) is 2.71. The molecule has 2 atom stereocenters. The van der Waals surface area contributed by atoms with E-state index >= 15 is 0 Å². The monoisotopic (exact) mass is 182 g/mol. The molecule has 5 heteroatoms. The first-order chi connectivity index (χ1) is 6.31. The molecule has 0 amide bonds. The number of aliphatic hydroxyl groups is 1. The van der Waals surface area contributed by atoms with Gasteiger partial charge in [-0.15, -0.1) is 5.10 Å². The lowest BCUT2D eigenvalue weighted by atomic mass is 10.2. The lowest BCUT2D eigenvalue weighted by molar-refractivity contribution is 0.261. The van der Waals surface area contributed by atoms with Crippen molar-refractivity contribution in [2.24, 2.45) is 5.73 Å². The van der Waals surface area contributed by atoms with Crippen LogP contribution in [0.3, 0.4) is 0 Å². The molecule has 5 nitrogen and oxygen atoms in total. The first-order valence-corrected chi connectivity index (χ1v) is 4.56. The number of aromatic nitrogens is 3. The van der Waals surface area contributed by atoms with Gasteiger partial charge >= 0.3 is 0 Å². The van der Waals surface area contributed by atoms with E-state index in [1.807, 2.05) is 0 Å². The van der Waals surface area contributed by atoms with Gasteiger partial charge in [-0.05, 0) is 19.3 Å². The quantitative estimate of drug-likeness (QED) is 0.665. The second kappa shape index (κ2) is 3.43. The molecule has 0 radical (unpaired) electrons. The van der Waals surface area contributed by atoms with Crippen LogP contribution in [0.5, 0.6) is 0 Å². The Kier molecular flexibility index (Phi) is 2.28. The first kappa shape index (κ1) is 8.65. The van der Waals surface area contributed by atoms with Crippen molar-refractivity contribution in [2.45, 2.75) is 38.0 Å². The highest BCUT2D eigenvalue weighted by Gasteiger charge is 2.25. The molecule has 72 valence electrons. The maximum Gasteiger partial charge on any atom is 0.0866 e. The molecular formula is C8H14N4O. The van der Waals surface area contributed by atoms with Gasteiger partial charge in [0, 0.05) is 6.04 Å². The Morgan fingerprint density at radius 3 is 3.08 bits per heavy atom. The van der Waals surface area contributed by atoms with Gasteiger partial charge in [0.15, 0.2) is 0 Å². The SMILES string of the molecule is NC1CCC(n2nncc2CO)C1. The van der Waals surface area contributed by atoms with Crippen LogP contribution >= 0.6 is 0 Å². The highest BCUT2D eigenvalue weighted by atomic mass is 16.3. The average molecular weight is 182 g/mol. The number of hydrogen-bond donors (Lipinski definition) is 2. The second-order valence-corrected chi connectivity index (χ2v) is 3.55. The minimum absolute atomic E-state index is 0.00125. The van der Waals surface area contributed by atoms with Crippen molar-refractivity contribution < 1.29 is 5.11 Å². The first-order valence-electron chi connectivity index (χ1n) is 4.56. The van der Waals surface area contributed by atoms with Crippen LogP contribution in [-0.4, -0.2) is 26.1 Å². The summed E-state index contributed by atoms with van der Waals surface area (Å²) in [6.45, 7) is -0.00125. The second-order valence-electron chi connectivity index (χ2n) is 3.55. The summed E-state index contributed by atoms with van der Waals surface area (Å²) in [7, 11) is 0. The van der Waals surface area contributed by atoms with Gasteiger partial charge in [0.1, 0.15) is 0 Å². The molecule has 1 heterocycles. The summed E-state index contributed by atoms with van der Waals surface area (Å²) >= 11 is 0. The third-order valence-corrected chi connectivity index (χ3v) is 2.60. The van der Waals surface area contributed by atoms with Crippen molar-refractivity contribution in [3.05, 3.63) is 11.9 Å². The lowest BCUT2D eigenvalue weighted by Crippen LogP contribution is -2.17. The lowest BCUT2D eigenvalue weighted by Gasteiger charge is -2.11. The van der Waals surface area contributed by atoms with E-state index in [0.717, 1.165) is 25.0 Å². The predicted octanol–water partition coefficient (Wildman–Crippen LogP) is -0.177. The zero-order chi connectivity index (χ0) is 9.26. The van der Waals surface area contributed by atoms with Gasteiger partial charge < -0.3 is 10.8 Å². The van der Waals surface area contributed by atoms with Gasteiger partial charge in [-0.1, -0.05) is 5.21 Å². The van der Waals surface area contributed by atoms with E-state index in [1.54, 1.807) is 10.9 Å². The van der Waals surface area contributed by atoms with Crippen molar-refractivity contribution in [2.75, 3.05) is 0 Å². The van der Waals surface area contributed by atoms with E-state index in [4.69, 9.17) is 10.8 Å². The maximum atomic E-state index is 9.00. The van der Waals surface area contributed by atoms with E-state index in [0.29, 0.717) is 6.04 Å². The van der Waals surface area contributed by atoms with Gasteiger partial charge in [0.25, 0.3) is 0 Å². The third kappa shape index (κ3) is 1.57. The topological polar surface area (TPSA) is 77.0 Å². The van der Waals surface area contributed by atoms with Crippen LogP contribution in [0.1, 0.15) is 31.0 Å². The molecule has 1 fully saturated rings. The maximum absolute atomic E-state index is 9.00. The van der Waals surface area contributed by atoms with Crippen molar-refractivity contribution in [3.63, 3.8) is 0 Å². The largest absolute Gasteiger partial charge is 0.390 e. The fourth-order valence-corrected chi connectivity index (χ4v) is 1.90. The molecule has 2 unspecified atom stereocenters. The highest BCUT2D eigenvalue weighted by Crippen LogP contribution is 2.28. The molecule has 1 aromatic rings. The zero-order valence-corrected chi connectivity index (χ0v) is 7.43. The van der Waals surface area contributed by atoms with Crippen molar-refractivity contribution in [1.82, 2.24) is 15.0 Å². The van der Waals surface area contributed by atoms with Crippen LogP contribution in [0.25, 0.3) is 0 Å². The van der Waals surface area contributed by atoms with Crippen LogP contribution in [0.15, 0.2) is 6.20 Å². The van der Waals surface area contributed by atoms with Crippen LogP contribution in [0.4, 0.5) is 0 Å². The van der Waals surface area contributed by atoms with Crippen LogP contribution < -0.4 is 5.73 Å². The number of hydrogen-bond acceptors (Lipinski definition) is 4. The van der Waals surface area contributed by atoms with E-state index in [9.17, 15) is 0 Å². The molecule has 0 aromatic carbocycles. The van der Waals surface area contributed by atoms with Crippen molar-refractivity contribution >= 4 is 0 Å². The Bertz CT molecular complexity index is 285. The van der Waals surface area contributed by atoms with E-state index < -0.39 is 0 Å². The molecule has 0 spiro atoms. The Morgan fingerprint density at radius 1 is 1.62 bits per heavy atom. The summed E-state index contributed by atoms with van der Waals surface area (Å²) in [5, 5.41) is 16.7. The fourth-order valence-electron chi connectivity index (χ4n) is 1.90. The molecule has 1 aliphatic carbocycles. The molecule has 0 aliphatic heterocycles. The summed E-state index contributed by atoms with van der Waals surface area (Å²) in [6.07, 6.45) is 4.62. The normalized spacial score (nSPS) is 28.2. The highest BCUT2D eigenvalue weighted by molar-refractivity contribution is 4.95. The number of nitrogens with zero attached hydrogens (tertiary/aromatic N) is 3. The molecule has 2 rings (SSSR count). The number of rotatable bonds is 2. The van der Waals surface area contributed by atoms with Gasteiger partial charge in [-0.2, -0.15) is 0 Å². The Hall–Kier alpha value is -0.940. The van der Waals surface area contributed by atoms with Crippen LogP contribution in [-0.2, 0) is 6.61 Å². The molecule has 1 aliphatic rings. The Labute approximate surface area is 76.5 Å². The van der Waals surface area contributed by atoms with Gasteiger partial charge in [0.05, 0.1) is 24.5 Å². The standard InChI is InChI=1S/C8H14N4O/c9-6-1-2-7(3-6)12-8(5-13)4-10-11-12/h4,6-7,13H,1-3,5,9H2. The zero-order valence-electron chi connectivity index (χ0n) is 7.43. The number of aliphatic hydroxyl groups excluding tert-OH is 1. The molecular weight excluding hydrogens is 168 g/mol. The molecule has 0 bridgehead atoms. The summed E-state index contributed by atoms with van der Waals surface area (Å²) in [6, 6.07) is 0.611. The summed E-state index contributed by atoms with van der Waals surface area (Å²) in [4.78, 5) is 0. The molecule has 1 saturated carbocycles.